The van der Waals surface area contributed by atoms with Crippen LogP contribution in [-0.2, 0) is 11.2 Å². The van der Waals surface area contributed by atoms with Gasteiger partial charge in [-0.25, -0.2) is 0 Å². The molecule has 118 valence electrons. The fourth-order valence-electron chi connectivity index (χ4n) is 2.75. The van der Waals surface area contributed by atoms with Crippen LogP contribution in [0.25, 0.3) is 0 Å². The van der Waals surface area contributed by atoms with Gasteiger partial charge in [-0.3, -0.25) is 4.79 Å². The topological polar surface area (TPSA) is 37.3 Å². The first-order valence-corrected chi connectivity index (χ1v) is 8.50. The van der Waals surface area contributed by atoms with Gasteiger partial charge >= 0.3 is 5.97 Å². The standard InChI is InChI=1S/C19H30O2/c1-2-18(19(20)21)16-12-7-5-3-4-6-9-13-17-14-10-8-11-15-17/h8,10-11,14-15,18H,2-7,9,12-13,16H2,1H3,(H,20,21). The van der Waals surface area contributed by atoms with Crippen LogP contribution in [0.4, 0.5) is 0 Å². The van der Waals surface area contributed by atoms with Crippen molar-refractivity contribution in [1.82, 2.24) is 0 Å². The van der Waals surface area contributed by atoms with Crippen molar-refractivity contribution in [2.24, 2.45) is 5.92 Å². The van der Waals surface area contributed by atoms with Crippen LogP contribution in [0.15, 0.2) is 30.3 Å². The van der Waals surface area contributed by atoms with Crippen molar-refractivity contribution in [3.05, 3.63) is 35.9 Å². The van der Waals surface area contributed by atoms with Crippen LogP contribution < -0.4 is 0 Å². The van der Waals surface area contributed by atoms with Crippen LogP contribution in [-0.4, -0.2) is 11.1 Å². The van der Waals surface area contributed by atoms with E-state index in [0.717, 1.165) is 19.3 Å². The molecule has 1 atom stereocenters. The molecule has 0 heterocycles. The number of benzene rings is 1. The zero-order chi connectivity index (χ0) is 15.3. The summed E-state index contributed by atoms with van der Waals surface area (Å²) in [5, 5.41) is 8.97. The molecule has 21 heavy (non-hydrogen) atoms. The van der Waals surface area contributed by atoms with E-state index >= 15 is 0 Å². The van der Waals surface area contributed by atoms with Gasteiger partial charge in [0.2, 0.25) is 0 Å². The summed E-state index contributed by atoms with van der Waals surface area (Å²) in [4.78, 5) is 10.9. The molecule has 1 N–H and O–H groups in total. The summed E-state index contributed by atoms with van der Waals surface area (Å²) in [5.74, 6) is -0.755. The maximum Gasteiger partial charge on any atom is 0.306 e. The van der Waals surface area contributed by atoms with E-state index in [-0.39, 0.29) is 5.92 Å². The number of carboxylic acids is 1. The molecule has 0 saturated carbocycles. The largest absolute Gasteiger partial charge is 0.481 e. The quantitative estimate of drug-likeness (QED) is 0.519. The molecule has 1 unspecified atom stereocenters. The van der Waals surface area contributed by atoms with Crippen molar-refractivity contribution >= 4 is 5.97 Å². The highest BCUT2D eigenvalue weighted by Crippen LogP contribution is 2.16. The van der Waals surface area contributed by atoms with Gasteiger partial charge in [-0.15, -0.1) is 0 Å². The Bertz CT molecular complexity index is 372. The van der Waals surface area contributed by atoms with E-state index in [4.69, 9.17) is 5.11 Å². The fourth-order valence-corrected chi connectivity index (χ4v) is 2.75. The Kier molecular flexibility index (Phi) is 9.60. The van der Waals surface area contributed by atoms with Gasteiger partial charge in [0.25, 0.3) is 0 Å². The molecule has 1 aromatic carbocycles. The van der Waals surface area contributed by atoms with Crippen molar-refractivity contribution in [2.75, 3.05) is 0 Å². The van der Waals surface area contributed by atoms with E-state index in [2.05, 4.69) is 30.3 Å². The summed E-state index contributed by atoms with van der Waals surface area (Å²) < 4.78 is 0. The second kappa shape index (κ2) is 11.4. The first-order valence-electron chi connectivity index (χ1n) is 8.50. The SMILES string of the molecule is CCC(CCCCCCCCCc1ccccc1)C(=O)O. The lowest BCUT2D eigenvalue weighted by Gasteiger charge is -2.08. The summed E-state index contributed by atoms with van der Waals surface area (Å²) in [6.45, 7) is 1.96. The lowest BCUT2D eigenvalue weighted by Crippen LogP contribution is -2.12. The van der Waals surface area contributed by atoms with Crippen molar-refractivity contribution in [3.8, 4) is 0 Å². The molecule has 0 aliphatic heterocycles. The lowest BCUT2D eigenvalue weighted by atomic mass is 9.98. The summed E-state index contributed by atoms with van der Waals surface area (Å²) in [5.41, 5.74) is 1.44. The predicted molar refractivity (Wildman–Crippen MR) is 88.5 cm³/mol. The van der Waals surface area contributed by atoms with Gasteiger partial charge in [0.15, 0.2) is 0 Å². The van der Waals surface area contributed by atoms with Crippen molar-refractivity contribution in [3.63, 3.8) is 0 Å². The predicted octanol–water partition coefficient (Wildman–Crippen LogP) is 5.46. The number of aliphatic carboxylic acids is 1. The van der Waals surface area contributed by atoms with Crippen molar-refractivity contribution < 1.29 is 9.90 Å². The Hall–Kier alpha value is -1.31. The average molecular weight is 290 g/mol. The van der Waals surface area contributed by atoms with E-state index in [9.17, 15) is 4.79 Å². The number of hydrogen-bond acceptors (Lipinski definition) is 1. The average Bonchev–Trinajstić information content (AvgIpc) is 2.50. The molecule has 0 aliphatic carbocycles. The first-order chi connectivity index (χ1) is 10.2. The van der Waals surface area contributed by atoms with Crippen molar-refractivity contribution in [2.45, 2.75) is 71.1 Å². The molecule has 0 bridgehead atoms. The first kappa shape index (κ1) is 17.7. The zero-order valence-electron chi connectivity index (χ0n) is 13.4. The highest BCUT2D eigenvalue weighted by atomic mass is 16.4. The number of carboxylic acid groups (broad SMARTS) is 1. The monoisotopic (exact) mass is 290 g/mol. The second-order valence-electron chi connectivity index (χ2n) is 5.94. The zero-order valence-corrected chi connectivity index (χ0v) is 13.4. The van der Waals surface area contributed by atoms with E-state index < -0.39 is 5.97 Å². The number of hydrogen-bond donors (Lipinski definition) is 1. The second-order valence-corrected chi connectivity index (χ2v) is 5.94. The molecule has 0 amide bonds. The van der Waals surface area contributed by atoms with Crippen LogP contribution in [0.3, 0.4) is 0 Å². The van der Waals surface area contributed by atoms with Gasteiger partial charge in [0.1, 0.15) is 0 Å². The van der Waals surface area contributed by atoms with E-state index in [0.29, 0.717) is 0 Å². The van der Waals surface area contributed by atoms with Gasteiger partial charge in [0, 0.05) is 0 Å². The fraction of sp³-hybridized carbons (Fsp3) is 0.632. The van der Waals surface area contributed by atoms with Crippen LogP contribution in [0.1, 0.15) is 70.3 Å². The van der Waals surface area contributed by atoms with Crippen LogP contribution in [0, 0.1) is 5.92 Å². The van der Waals surface area contributed by atoms with Gasteiger partial charge in [0.05, 0.1) is 5.92 Å². The smallest absolute Gasteiger partial charge is 0.306 e. The molecule has 2 heteroatoms. The van der Waals surface area contributed by atoms with E-state index in [1.165, 1.54) is 50.5 Å². The lowest BCUT2D eigenvalue weighted by molar-refractivity contribution is -0.142. The number of carbonyl (C=O) groups is 1. The van der Waals surface area contributed by atoms with Gasteiger partial charge < -0.3 is 5.11 Å². The minimum absolute atomic E-state index is 0.129. The molecule has 0 saturated heterocycles. The van der Waals surface area contributed by atoms with Crippen LogP contribution >= 0.6 is 0 Å². The number of unbranched alkanes of at least 4 members (excludes halogenated alkanes) is 6. The van der Waals surface area contributed by atoms with Gasteiger partial charge in [-0.2, -0.15) is 0 Å². The third-order valence-electron chi connectivity index (χ3n) is 4.20. The molecule has 0 aliphatic rings. The van der Waals surface area contributed by atoms with Gasteiger partial charge in [-0.05, 0) is 31.2 Å². The maximum absolute atomic E-state index is 10.9. The Morgan fingerprint density at radius 3 is 2.10 bits per heavy atom. The highest BCUT2D eigenvalue weighted by molar-refractivity contribution is 5.69. The normalized spacial score (nSPS) is 12.2. The molecule has 0 radical (unpaired) electrons. The molecule has 2 nitrogen and oxygen atoms in total. The third-order valence-corrected chi connectivity index (χ3v) is 4.20. The number of rotatable bonds is 12. The molecule has 1 rings (SSSR count). The Labute approximate surface area is 129 Å². The number of aryl methyl sites for hydroxylation is 1. The highest BCUT2D eigenvalue weighted by Gasteiger charge is 2.13. The minimum atomic E-state index is -0.626. The molecular formula is C19H30O2. The summed E-state index contributed by atoms with van der Waals surface area (Å²) in [7, 11) is 0. The Balaban J connectivity index is 1.90. The Morgan fingerprint density at radius 2 is 1.52 bits per heavy atom. The van der Waals surface area contributed by atoms with Crippen molar-refractivity contribution in [1.29, 1.82) is 0 Å². The molecule has 0 fully saturated rings. The van der Waals surface area contributed by atoms with E-state index in [1.807, 2.05) is 6.92 Å². The van der Waals surface area contributed by atoms with Crippen LogP contribution in [0.5, 0.6) is 0 Å². The summed E-state index contributed by atoms with van der Waals surface area (Å²) in [6.07, 6.45) is 11.5. The minimum Gasteiger partial charge on any atom is -0.481 e. The summed E-state index contributed by atoms with van der Waals surface area (Å²) >= 11 is 0. The van der Waals surface area contributed by atoms with Gasteiger partial charge in [-0.1, -0.05) is 75.8 Å². The molecule has 0 aromatic heterocycles. The molecule has 1 aromatic rings. The van der Waals surface area contributed by atoms with E-state index in [1.54, 1.807) is 0 Å². The molecular weight excluding hydrogens is 260 g/mol. The van der Waals surface area contributed by atoms with Crippen LogP contribution in [0.2, 0.25) is 0 Å². The maximum atomic E-state index is 10.9. The Morgan fingerprint density at radius 1 is 0.952 bits per heavy atom. The molecule has 0 spiro atoms. The third kappa shape index (κ3) is 8.54. The summed E-state index contributed by atoms with van der Waals surface area (Å²) in [6, 6.07) is 10.7.